The molecular formula is C12H18N2O. The molecule has 0 N–H and O–H groups in total. The summed E-state index contributed by atoms with van der Waals surface area (Å²) in [4.78, 5) is 11.9. The highest BCUT2D eigenvalue weighted by Crippen LogP contribution is 2.09. The summed E-state index contributed by atoms with van der Waals surface area (Å²) in [6.45, 7) is 6.85. The number of carbonyl (C=O) groups excluding carboxylic acids is 1. The average molecular weight is 206 g/mol. The van der Waals surface area contributed by atoms with E-state index in [1.54, 1.807) is 23.0 Å². The van der Waals surface area contributed by atoms with E-state index in [9.17, 15) is 4.79 Å². The third-order valence-corrected chi connectivity index (χ3v) is 2.51. The molecule has 82 valence electrons. The third kappa shape index (κ3) is 2.78. The Morgan fingerprint density at radius 1 is 1.40 bits per heavy atom. The Hall–Kier alpha value is -1.38. The van der Waals surface area contributed by atoms with E-state index in [0.29, 0.717) is 5.69 Å². The van der Waals surface area contributed by atoms with Crippen molar-refractivity contribution < 1.29 is 4.79 Å². The van der Waals surface area contributed by atoms with Gasteiger partial charge >= 0.3 is 0 Å². The molecule has 0 atom stereocenters. The second-order valence-corrected chi connectivity index (χ2v) is 3.41. The number of nitrogens with zero attached hydrogens (tertiary/aromatic N) is 2. The van der Waals surface area contributed by atoms with Crippen LogP contribution in [0, 0.1) is 0 Å². The molecule has 0 aliphatic rings. The maximum atomic E-state index is 11.9. The van der Waals surface area contributed by atoms with Crippen molar-refractivity contribution in [1.82, 2.24) is 9.78 Å². The molecule has 0 aliphatic carbocycles. The number of aryl methyl sites for hydroxylation is 1. The van der Waals surface area contributed by atoms with Crippen LogP contribution in [-0.4, -0.2) is 15.6 Å². The first-order valence-electron chi connectivity index (χ1n) is 5.48. The fourth-order valence-electron chi connectivity index (χ4n) is 1.51. The second kappa shape index (κ2) is 5.49. The maximum absolute atomic E-state index is 11.9. The van der Waals surface area contributed by atoms with E-state index in [1.165, 1.54) is 5.57 Å². The van der Waals surface area contributed by atoms with Crippen LogP contribution in [0.5, 0.6) is 0 Å². The number of hydrogen-bond donors (Lipinski definition) is 0. The lowest BCUT2D eigenvalue weighted by Crippen LogP contribution is -2.07. The van der Waals surface area contributed by atoms with Crippen molar-refractivity contribution in [3.05, 3.63) is 29.6 Å². The Labute approximate surface area is 90.8 Å². The van der Waals surface area contributed by atoms with E-state index >= 15 is 0 Å². The predicted octanol–water partition coefficient (Wildman–Crippen LogP) is 2.83. The van der Waals surface area contributed by atoms with Gasteiger partial charge in [0.2, 0.25) is 5.78 Å². The van der Waals surface area contributed by atoms with Gasteiger partial charge in [0.15, 0.2) is 0 Å². The van der Waals surface area contributed by atoms with E-state index in [-0.39, 0.29) is 5.78 Å². The quantitative estimate of drug-likeness (QED) is 0.548. The van der Waals surface area contributed by atoms with Crippen molar-refractivity contribution >= 4 is 5.78 Å². The van der Waals surface area contributed by atoms with E-state index in [1.807, 2.05) is 6.92 Å². The normalized spacial score (nSPS) is 10.1. The fourth-order valence-corrected chi connectivity index (χ4v) is 1.51. The van der Waals surface area contributed by atoms with E-state index in [2.05, 4.69) is 18.9 Å². The van der Waals surface area contributed by atoms with Crippen LogP contribution >= 0.6 is 0 Å². The minimum absolute atomic E-state index is 0.0630. The van der Waals surface area contributed by atoms with Crippen LogP contribution in [0.1, 0.15) is 44.1 Å². The van der Waals surface area contributed by atoms with Crippen LogP contribution in [0.3, 0.4) is 0 Å². The smallest absolute Gasteiger partial charge is 0.203 e. The van der Waals surface area contributed by atoms with Gasteiger partial charge in [-0.1, -0.05) is 19.4 Å². The monoisotopic (exact) mass is 206 g/mol. The summed E-state index contributed by atoms with van der Waals surface area (Å²) in [5, 5.41) is 4.08. The van der Waals surface area contributed by atoms with Gasteiger partial charge in [-0.25, -0.2) is 0 Å². The Morgan fingerprint density at radius 3 is 2.60 bits per heavy atom. The van der Waals surface area contributed by atoms with Gasteiger partial charge in [0, 0.05) is 12.7 Å². The van der Waals surface area contributed by atoms with Crippen LogP contribution in [0.4, 0.5) is 0 Å². The highest BCUT2D eigenvalue weighted by Gasteiger charge is 2.08. The van der Waals surface area contributed by atoms with Crippen molar-refractivity contribution in [3.8, 4) is 0 Å². The van der Waals surface area contributed by atoms with Crippen LogP contribution < -0.4 is 0 Å². The zero-order valence-corrected chi connectivity index (χ0v) is 9.66. The van der Waals surface area contributed by atoms with Crippen LogP contribution in [0.15, 0.2) is 23.9 Å². The summed E-state index contributed by atoms with van der Waals surface area (Å²) in [6.07, 6.45) is 5.27. The number of carbonyl (C=O) groups is 1. The van der Waals surface area contributed by atoms with Gasteiger partial charge in [-0.2, -0.15) is 5.10 Å². The standard InChI is InChI=1S/C12H18N2O/c1-4-10(5-2)9-12(15)11-7-8-13-14(11)6-3/h7-9H,4-6H2,1-3H3. The van der Waals surface area contributed by atoms with Gasteiger partial charge in [0.05, 0.1) is 0 Å². The predicted molar refractivity (Wildman–Crippen MR) is 60.9 cm³/mol. The maximum Gasteiger partial charge on any atom is 0.203 e. The van der Waals surface area contributed by atoms with E-state index < -0.39 is 0 Å². The molecule has 1 aromatic rings. The molecule has 1 rings (SSSR count). The van der Waals surface area contributed by atoms with Crippen LogP contribution in [0.2, 0.25) is 0 Å². The zero-order chi connectivity index (χ0) is 11.3. The molecule has 0 spiro atoms. The molecule has 0 amide bonds. The molecule has 0 saturated heterocycles. The molecule has 0 aliphatic heterocycles. The Kier molecular flexibility index (Phi) is 4.28. The van der Waals surface area contributed by atoms with Crippen molar-refractivity contribution in [2.45, 2.75) is 40.2 Å². The first-order valence-corrected chi connectivity index (χ1v) is 5.48. The minimum atomic E-state index is 0.0630. The summed E-state index contributed by atoms with van der Waals surface area (Å²) in [5.41, 5.74) is 1.86. The molecule has 0 bridgehead atoms. The first kappa shape index (κ1) is 11.7. The summed E-state index contributed by atoms with van der Waals surface area (Å²) in [5.74, 6) is 0.0630. The molecule has 3 heteroatoms. The highest BCUT2D eigenvalue weighted by atomic mass is 16.1. The van der Waals surface area contributed by atoms with Crippen LogP contribution in [0.25, 0.3) is 0 Å². The summed E-state index contributed by atoms with van der Waals surface area (Å²) in [7, 11) is 0. The Bertz CT molecular complexity index is 357. The molecule has 1 heterocycles. The van der Waals surface area contributed by atoms with Gasteiger partial charge in [-0.05, 0) is 31.9 Å². The number of allylic oxidation sites excluding steroid dienone is 2. The molecular weight excluding hydrogens is 188 g/mol. The lowest BCUT2D eigenvalue weighted by atomic mass is 10.1. The average Bonchev–Trinajstić information content (AvgIpc) is 2.73. The molecule has 0 unspecified atom stereocenters. The summed E-state index contributed by atoms with van der Waals surface area (Å²) < 4.78 is 1.72. The number of rotatable bonds is 5. The third-order valence-electron chi connectivity index (χ3n) is 2.51. The van der Waals surface area contributed by atoms with Crippen LogP contribution in [-0.2, 0) is 6.54 Å². The number of ketones is 1. The van der Waals surface area contributed by atoms with E-state index in [4.69, 9.17) is 0 Å². The molecule has 0 fully saturated rings. The fraction of sp³-hybridized carbons (Fsp3) is 0.500. The lowest BCUT2D eigenvalue weighted by molar-refractivity contribution is 0.103. The molecule has 3 nitrogen and oxygen atoms in total. The van der Waals surface area contributed by atoms with Gasteiger partial charge in [0.1, 0.15) is 5.69 Å². The van der Waals surface area contributed by atoms with Crippen molar-refractivity contribution in [2.24, 2.45) is 0 Å². The van der Waals surface area contributed by atoms with Gasteiger partial charge in [-0.3, -0.25) is 9.48 Å². The first-order chi connectivity index (χ1) is 7.22. The molecule has 0 radical (unpaired) electrons. The molecule has 15 heavy (non-hydrogen) atoms. The summed E-state index contributed by atoms with van der Waals surface area (Å²) in [6, 6.07) is 1.77. The van der Waals surface area contributed by atoms with Gasteiger partial charge in [0.25, 0.3) is 0 Å². The minimum Gasteiger partial charge on any atom is -0.288 e. The lowest BCUT2D eigenvalue weighted by Gasteiger charge is -2.02. The van der Waals surface area contributed by atoms with Gasteiger partial charge < -0.3 is 0 Å². The second-order valence-electron chi connectivity index (χ2n) is 3.41. The van der Waals surface area contributed by atoms with Crippen molar-refractivity contribution in [3.63, 3.8) is 0 Å². The van der Waals surface area contributed by atoms with E-state index in [0.717, 1.165) is 19.4 Å². The largest absolute Gasteiger partial charge is 0.288 e. The van der Waals surface area contributed by atoms with Gasteiger partial charge in [-0.15, -0.1) is 0 Å². The highest BCUT2D eigenvalue weighted by molar-refractivity contribution is 6.03. The Morgan fingerprint density at radius 2 is 2.07 bits per heavy atom. The molecule has 0 aromatic carbocycles. The number of hydrogen-bond acceptors (Lipinski definition) is 2. The van der Waals surface area contributed by atoms with Crippen molar-refractivity contribution in [2.75, 3.05) is 0 Å². The molecule has 1 aromatic heterocycles. The number of aromatic nitrogens is 2. The SMILES string of the molecule is CCC(=CC(=O)c1ccnn1CC)CC. The zero-order valence-electron chi connectivity index (χ0n) is 9.66. The Balaban J connectivity index is 2.90. The van der Waals surface area contributed by atoms with Crippen molar-refractivity contribution in [1.29, 1.82) is 0 Å². The summed E-state index contributed by atoms with van der Waals surface area (Å²) >= 11 is 0. The topological polar surface area (TPSA) is 34.9 Å². The molecule has 0 saturated carbocycles.